The Kier molecular flexibility index (Phi) is 2.51. The largest absolute Gasteiger partial charge is 0.461 e. The number of esters is 1. The summed E-state index contributed by atoms with van der Waals surface area (Å²) in [5.41, 5.74) is 0. The Balaban J connectivity index is 2.24. The molecule has 1 aliphatic heterocycles. The molecule has 1 saturated heterocycles. The summed E-state index contributed by atoms with van der Waals surface area (Å²) in [6.07, 6.45) is 0.860. The van der Waals surface area contributed by atoms with Crippen LogP contribution in [0.2, 0.25) is 0 Å². The van der Waals surface area contributed by atoms with Gasteiger partial charge in [0.2, 0.25) is 0 Å². The van der Waals surface area contributed by atoms with Crippen molar-refractivity contribution in [2.75, 3.05) is 13.1 Å². The number of carbonyl (C=O) groups excluding carboxylic acids is 1. The fraction of sp³-hybridized carbons (Fsp3) is 0.833. The van der Waals surface area contributed by atoms with Crippen molar-refractivity contribution in [1.29, 1.82) is 0 Å². The summed E-state index contributed by atoms with van der Waals surface area (Å²) in [6.45, 7) is 2.87. The molecule has 0 bridgehead atoms. The third-order valence-corrected chi connectivity index (χ3v) is 1.74. The Labute approximate surface area is 65.0 Å². The lowest BCUT2D eigenvalue weighted by Crippen LogP contribution is -2.18. The average molecular weight is 164 g/mol. The number of halogens is 1. The van der Waals surface area contributed by atoms with Crippen molar-refractivity contribution < 1.29 is 9.53 Å². The van der Waals surface area contributed by atoms with Crippen LogP contribution in [0.5, 0.6) is 0 Å². The number of rotatable bonds is 1. The van der Waals surface area contributed by atoms with Gasteiger partial charge in [0.15, 0.2) is 0 Å². The monoisotopic (exact) mass is 163 g/mol. The maximum absolute atomic E-state index is 10.4. The minimum Gasteiger partial charge on any atom is -0.461 e. The SMILES string of the molecule is CC(=O)O[C@@H]1CCN(Cl)C1. The second kappa shape index (κ2) is 3.21. The van der Waals surface area contributed by atoms with Crippen molar-refractivity contribution in [1.82, 2.24) is 4.42 Å². The van der Waals surface area contributed by atoms with Crippen LogP contribution in [-0.2, 0) is 9.53 Å². The van der Waals surface area contributed by atoms with Gasteiger partial charge in [-0.1, -0.05) is 0 Å². The first-order valence-corrected chi connectivity index (χ1v) is 3.60. The zero-order valence-electron chi connectivity index (χ0n) is 5.84. The van der Waals surface area contributed by atoms with Crippen LogP contribution in [0.4, 0.5) is 0 Å². The van der Waals surface area contributed by atoms with E-state index in [-0.39, 0.29) is 12.1 Å². The van der Waals surface area contributed by atoms with E-state index in [1.54, 1.807) is 4.42 Å². The van der Waals surface area contributed by atoms with E-state index in [0.717, 1.165) is 13.0 Å². The number of ether oxygens (including phenoxy) is 1. The lowest BCUT2D eigenvalue weighted by molar-refractivity contribution is -0.145. The van der Waals surface area contributed by atoms with Gasteiger partial charge >= 0.3 is 5.97 Å². The molecule has 58 valence electrons. The summed E-state index contributed by atoms with van der Waals surface area (Å²) < 4.78 is 6.55. The van der Waals surface area contributed by atoms with Crippen LogP contribution in [0.3, 0.4) is 0 Å². The van der Waals surface area contributed by atoms with Crippen LogP contribution in [0, 0.1) is 0 Å². The fourth-order valence-corrected chi connectivity index (χ4v) is 1.27. The molecule has 1 atom stereocenters. The van der Waals surface area contributed by atoms with Gasteiger partial charge in [0.25, 0.3) is 0 Å². The molecule has 0 aliphatic carbocycles. The first kappa shape index (κ1) is 7.82. The van der Waals surface area contributed by atoms with Crippen molar-refractivity contribution in [3.63, 3.8) is 0 Å². The maximum Gasteiger partial charge on any atom is 0.302 e. The molecule has 0 aromatic heterocycles. The van der Waals surface area contributed by atoms with Gasteiger partial charge in [-0.2, -0.15) is 0 Å². The predicted molar refractivity (Wildman–Crippen MR) is 37.6 cm³/mol. The van der Waals surface area contributed by atoms with Crippen molar-refractivity contribution in [3.8, 4) is 0 Å². The molecule has 10 heavy (non-hydrogen) atoms. The van der Waals surface area contributed by atoms with Gasteiger partial charge in [-0.25, -0.2) is 4.42 Å². The summed E-state index contributed by atoms with van der Waals surface area (Å²) >= 11 is 5.63. The zero-order valence-corrected chi connectivity index (χ0v) is 6.60. The van der Waals surface area contributed by atoms with Gasteiger partial charge in [-0.05, 0) is 18.2 Å². The van der Waals surface area contributed by atoms with Crippen LogP contribution < -0.4 is 0 Å². The Morgan fingerprint density at radius 2 is 2.50 bits per heavy atom. The molecule has 1 rings (SSSR count). The highest BCUT2D eigenvalue weighted by Gasteiger charge is 2.22. The predicted octanol–water partition coefficient (Wildman–Crippen LogP) is 0.778. The quantitative estimate of drug-likeness (QED) is 0.423. The summed E-state index contributed by atoms with van der Waals surface area (Å²) in [6, 6.07) is 0. The highest BCUT2D eigenvalue weighted by molar-refractivity contribution is 6.13. The molecule has 0 amide bonds. The van der Waals surface area contributed by atoms with E-state index in [1.165, 1.54) is 6.92 Å². The molecule has 0 spiro atoms. The summed E-state index contributed by atoms with van der Waals surface area (Å²) in [4.78, 5) is 10.4. The minimum atomic E-state index is -0.225. The molecule has 1 aliphatic rings. The number of hydrogen-bond donors (Lipinski definition) is 0. The molecule has 0 aromatic rings. The third kappa shape index (κ3) is 2.15. The zero-order chi connectivity index (χ0) is 7.56. The molecule has 1 heterocycles. The molecule has 0 radical (unpaired) electrons. The molecule has 0 unspecified atom stereocenters. The second-order valence-corrected chi connectivity index (χ2v) is 2.87. The van der Waals surface area contributed by atoms with Crippen molar-refractivity contribution in [3.05, 3.63) is 0 Å². The lowest BCUT2D eigenvalue weighted by atomic mass is 10.3. The normalized spacial score (nSPS) is 26.8. The van der Waals surface area contributed by atoms with Gasteiger partial charge in [0.1, 0.15) is 6.10 Å². The Morgan fingerprint density at radius 3 is 2.90 bits per heavy atom. The van der Waals surface area contributed by atoms with Crippen LogP contribution in [-0.4, -0.2) is 29.6 Å². The first-order chi connectivity index (χ1) is 4.68. The Hall–Kier alpha value is -0.280. The van der Waals surface area contributed by atoms with Crippen molar-refractivity contribution in [2.45, 2.75) is 19.4 Å². The standard InChI is InChI=1S/C6H10ClNO2/c1-5(9)10-6-2-3-8(7)4-6/h6H,2-4H2,1H3/t6-/m1/s1. The molecule has 0 N–H and O–H groups in total. The fourth-order valence-electron chi connectivity index (χ4n) is 1.02. The van der Waals surface area contributed by atoms with Gasteiger partial charge in [0, 0.05) is 13.5 Å². The van der Waals surface area contributed by atoms with E-state index in [4.69, 9.17) is 16.5 Å². The lowest BCUT2D eigenvalue weighted by Gasteiger charge is -2.08. The first-order valence-electron chi connectivity index (χ1n) is 3.26. The summed E-state index contributed by atoms with van der Waals surface area (Å²) in [5.74, 6) is -0.225. The molecule has 0 aromatic carbocycles. The van der Waals surface area contributed by atoms with Gasteiger partial charge in [0.05, 0.1) is 6.54 Å². The van der Waals surface area contributed by atoms with Crippen molar-refractivity contribution >= 4 is 17.7 Å². The van der Waals surface area contributed by atoms with Crippen LogP contribution in [0.1, 0.15) is 13.3 Å². The van der Waals surface area contributed by atoms with E-state index in [0.29, 0.717) is 6.54 Å². The molecule has 0 saturated carbocycles. The maximum atomic E-state index is 10.4. The van der Waals surface area contributed by atoms with Gasteiger partial charge in [-0.3, -0.25) is 4.79 Å². The number of nitrogens with zero attached hydrogens (tertiary/aromatic N) is 1. The smallest absolute Gasteiger partial charge is 0.302 e. The van der Waals surface area contributed by atoms with E-state index in [1.807, 2.05) is 0 Å². The third-order valence-electron chi connectivity index (χ3n) is 1.43. The van der Waals surface area contributed by atoms with Crippen molar-refractivity contribution in [2.24, 2.45) is 0 Å². The van der Waals surface area contributed by atoms with Crippen LogP contribution in [0.25, 0.3) is 0 Å². The van der Waals surface area contributed by atoms with E-state index < -0.39 is 0 Å². The van der Waals surface area contributed by atoms with Crippen LogP contribution in [0.15, 0.2) is 0 Å². The molecule has 3 nitrogen and oxygen atoms in total. The van der Waals surface area contributed by atoms with Gasteiger partial charge < -0.3 is 4.74 Å². The average Bonchev–Trinajstić information content (AvgIpc) is 2.13. The summed E-state index contributed by atoms with van der Waals surface area (Å²) in [5, 5.41) is 0. The Bertz CT molecular complexity index is 140. The second-order valence-electron chi connectivity index (χ2n) is 2.39. The van der Waals surface area contributed by atoms with E-state index in [9.17, 15) is 4.79 Å². The highest BCUT2D eigenvalue weighted by atomic mass is 35.5. The summed E-state index contributed by atoms with van der Waals surface area (Å²) in [7, 11) is 0. The Morgan fingerprint density at radius 1 is 1.80 bits per heavy atom. The van der Waals surface area contributed by atoms with Crippen LogP contribution >= 0.6 is 11.8 Å². The minimum absolute atomic E-state index is 0.00926. The molecular weight excluding hydrogens is 154 g/mol. The number of hydrogen-bond acceptors (Lipinski definition) is 3. The molecular formula is C6H10ClNO2. The van der Waals surface area contributed by atoms with E-state index in [2.05, 4.69) is 0 Å². The van der Waals surface area contributed by atoms with E-state index >= 15 is 0 Å². The molecule has 1 fully saturated rings. The topological polar surface area (TPSA) is 29.5 Å². The number of carbonyl (C=O) groups is 1. The molecule has 4 heteroatoms. The van der Waals surface area contributed by atoms with Gasteiger partial charge in [-0.15, -0.1) is 0 Å². The highest BCUT2D eigenvalue weighted by Crippen LogP contribution is 2.13.